The van der Waals surface area contributed by atoms with Gasteiger partial charge in [0.05, 0.1) is 11.4 Å². The van der Waals surface area contributed by atoms with Gasteiger partial charge in [-0.05, 0) is 98.6 Å². The average Bonchev–Trinajstić information content (AvgIpc) is 4.10. The predicted molar refractivity (Wildman–Crippen MR) is 264 cm³/mol. The van der Waals surface area contributed by atoms with E-state index in [4.69, 9.17) is 13.3 Å². The molecule has 12 aromatic rings. The first-order valence-electron chi connectivity index (χ1n) is 22.2. The van der Waals surface area contributed by atoms with Crippen LogP contribution >= 0.6 is 0 Å². The molecule has 4 heteroatoms. The fraction of sp³-hybridized carbons (Fsp3) is 0.100. The Labute approximate surface area is 369 Å². The number of benzene rings is 9. The summed E-state index contributed by atoms with van der Waals surface area (Å²) in [5.41, 5.74) is 20.1. The Bertz CT molecular complexity index is 3980. The third-order valence-electron chi connectivity index (χ3n) is 14.7. The maximum Gasteiger partial charge on any atom is 0.159 e. The van der Waals surface area contributed by atoms with Crippen molar-refractivity contribution >= 4 is 82.9 Å². The molecule has 3 aromatic heterocycles. The van der Waals surface area contributed by atoms with Gasteiger partial charge in [-0.15, -0.1) is 0 Å². The SMILES string of the molecule is CC1(C)c2ccccc2-c2ccc(-c3c4oc5c(N(c6ccc7c(c6)C(C)(C)c6ccccc6-7)c6cccc7c6oc6ccccc67)cccc5c4cc4oc5ccccc5c34)cc21. The van der Waals surface area contributed by atoms with Crippen LogP contribution in [-0.2, 0) is 10.8 Å². The first-order chi connectivity index (χ1) is 31.3. The monoisotopic (exact) mass is 823 g/mol. The molecule has 64 heavy (non-hydrogen) atoms. The number of hydrogen-bond donors (Lipinski definition) is 0. The molecule has 0 saturated heterocycles. The van der Waals surface area contributed by atoms with Crippen LogP contribution in [0.1, 0.15) is 49.9 Å². The lowest BCUT2D eigenvalue weighted by Gasteiger charge is -2.28. The highest BCUT2D eigenvalue weighted by molar-refractivity contribution is 6.25. The van der Waals surface area contributed by atoms with Crippen LogP contribution in [0.15, 0.2) is 189 Å². The van der Waals surface area contributed by atoms with Crippen LogP contribution in [-0.4, -0.2) is 0 Å². The van der Waals surface area contributed by atoms with Crippen molar-refractivity contribution < 1.29 is 13.3 Å². The van der Waals surface area contributed by atoms with E-state index < -0.39 is 0 Å². The molecule has 0 amide bonds. The minimum Gasteiger partial charge on any atom is -0.456 e. The molecule has 0 spiro atoms. The van der Waals surface area contributed by atoms with Gasteiger partial charge < -0.3 is 18.2 Å². The smallest absolute Gasteiger partial charge is 0.159 e. The summed E-state index contributed by atoms with van der Waals surface area (Å²) >= 11 is 0. The van der Waals surface area contributed by atoms with Crippen molar-refractivity contribution in [1.29, 1.82) is 0 Å². The van der Waals surface area contributed by atoms with Crippen LogP contribution in [0.25, 0.3) is 99.2 Å². The molecule has 0 radical (unpaired) electrons. The number of rotatable bonds is 4. The first-order valence-corrected chi connectivity index (χ1v) is 22.2. The zero-order valence-corrected chi connectivity index (χ0v) is 35.9. The summed E-state index contributed by atoms with van der Waals surface area (Å²) < 4.78 is 21.1. The summed E-state index contributed by atoms with van der Waals surface area (Å²) in [6, 6.07) is 63.5. The van der Waals surface area contributed by atoms with E-state index in [1.54, 1.807) is 0 Å². The highest BCUT2D eigenvalue weighted by Gasteiger charge is 2.38. The second-order valence-electron chi connectivity index (χ2n) is 18.8. The molecule has 4 nitrogen and oxygen atoms in total. The molecule has 9 aromatic carbocycles. The van der Waals surface area contributed by atoms with E-state index in [0.29, 0.717) is 0 Å². The van der Waals surface area contributed by atoms with E-state index in [0.717, 1.165) is 94.0 Å². The van der Waals surface area contributed by atoms with Crippen molar-refractivity contribution in [3.8, 4) is 33.4 Å². The standard InChI is InChI=1S/C60H41NO3/c1-59(2)45-21-9-5-15-36(45)38-29-27-34(31-47(38)59)54-55-43-18-8-12-26-52(43)62-53(55)33-44-42-20-14-24-50(57(42)64-58(44)54)61(49-23-13-19-41-40-17-7-11-25-51(40)63-56(41)49)35-28-30-39-37-16-6-10-22-46(37)60(3,4)48(39)32-35/h5-33H,1-4H3. The molecule has 14 rings (SSSR count). The molecular weight excluding hydrogens is 783 g/mol. The maximum atomic E-state index is 7.49. The quantitative estimate of drug-likeness (QED) is 0.177. The molecule has 2 aliphatic rings. The van der Waals surface area contributed by atoms with Gasteiger partial charge in [0, 0.05) is 54.4 Å². The van der Waals surface area contributed by atoms with Gasteiger partial charge in [-0.1, -0.05) is 155 Å². The summed E-state index contributed by atoms with van der Waals surface area (Å²) in [6.45, 7) is 9.36. The largest absolute Gasteiger partial charge is 0.456 e. The number of furan rings is 3. The third-order valence-corrected chi connectivity index (χ3v) is 14.7. The topological polar surface area (TPSA) is 42.7 Å². The molecule has 304 valence electrons. The van der Waals surface area contributed by atoms with Crippen LogP contribution in [0.2, 0.25) is 0 Å². The molecular formula is C60H41NO3. The van der Waals surface area contributed by atoms with Gasteiger partial charge in [0.2, 0.25) is 0 Å². The fourth-order valence-corrected chi connectivity index (χ4v) is 11.6. The average molecular weight is 824 g/mol. The lowest BCUT2D eigenvalue weighted by atomic mass is 9.81. The van der Waals surface area contributed by atoms with Gasteiger partial charge in [0.25, 0.3) is 0 Å². The van der Waals surface area contributed by atoms with Gasteiger partial charge in [-0.2, -0.15) is 0 Å². The molecule has 3 heterocycles. The van der Waals surface area contributed by atoms with Crippen LogP contribution in [0, 0.1) is 0 Å². The van der Waals surface area contributed by atoms with E-state index in [9.17, 15) is 0 Å². The third kappa shape index (κ3) is 4.62. The minimum atomic E-state index is -0.193. The second kappa shape index (κ2) is 12.4. The van der Waals surface area contributed by atoms with Crippen molar-refractivity contribution in [2.24, 2.45) is 0 Å². The van der Waals surface area contributed by atoms with Crippen molar-refractivity contribution in [1.82, 2.24) is 0 Å². The predicted octanol–water partition coefficient (Wildman–Crippen LogP) is 17.1. The molecule has 0 saturated carbocycles. The van der Waals surface area contributed by atoms with Crippen molar-refractivity contribution in [2.45, 2.75) is 38.5 Å². The Morgan fingerprint density at radius 2 is 0.891 bits per heavy atom. The van der Waals surface area contributed by atoms with E-state index in [2.05, 4.69) is 196 Å². The van der Waals surface area contributed by atoms with Crippen molar-refractivity contribution in [3.63, 3.8) is 0 Å². The second-order valence-corrected chi connectivity index (χ2v) is 18.8. The van der Waals surface area contributed by atoms with Gasteiger partial charge in [-0.25, -0.2) is 0 Å². The maximum absolute atomic E-state index is 7.49. The highest BCUT2D eigenvalue weighted by Crippen LogP contribution is 2.55. The Morgan fingerprint density at radius 3 is 1.59 bits per heavy atom. The summed E-state index contributed by atoms with van der Waals surface area (Å²) in [6.07, 6.45) is 0. The number of para-hydroxylation sites is 4. The summed E-state index contributed by atoms with van der Waals surface area (Å²) in [7, 11) is 0. The molecule has 0 atom stereocenters. The van der Waals surface area contributed by atoms with E-state index in [1.165, 1.54) is 44.5 Å². The van der Waals surface area contributed by atoms with Gasteiger partial charge in [-0.3, -0.25) is 0 Å². The Kier molecular flexibility index (Phi) is 6.94. The molecule has 2 aliphatic carbocycles. The number of hydrogen-bond acceptors (Lipinski definition) is 4. The van der Waals surface area contributed by atoms with E-state index in [1.807, 2.05) is 12.1 Å². The minimum absolute atomic E-state index is 0.168. The zero-order valence-electron chi connectivity index (χ0n) is 35.9. The van der Waals surface area contributed by atoms with E-state index >= 15 is 0 Å². The molecule has 0 N–H and O–H groups in total. The van der Waals surface area contributed by atoms with Gasteiger partial charge in [0.15, 0.2) is 11.2 Å². The number of nitrogens with zero attached hydrogens (tertiary/aromatic N) is 1. The lowest BCUT2D eigenvalue weighted by Crippen LogP contribution is -2.16. The van der Waals surface area contributed by atoms with Gasteiger partial charge >= 0.3 is 0 Å². The molecule has 0 bridgehead atoms. The fourth-order valence-electron chi connectivity index (χ4n) is 11.6. The zero-order chi connectivity index (χ0) is 42.6. The first kappa shape index (κ1) is 35.7. The number of fused-ring (bicyclic) bond motifs is 15. The van der Waals surface area contributed by atoms with Crippen LogP contribution in [0.5, 0.6) is 0 Å². The summed E-state index contributed by atoms with van der Waals surface area (Å²) in [4.78, 5) is 2.35. The van der Waals surface area contributed by atoms with Crippen LogP contribution in [0.4, 0.5) is 17.1 Å². The van der Waals surface area contributed by atoms with Crippen molar-refractivity contribution in [3.05, 3.63) is 198 Å². The summed E-state index contributed by atoms with van der Waals surface area (Å²) in [5.74, 6) is 0. The van der Waals surface area contributed by atoms with Crippen molar-refractivity contribution in [2.75, 3.05) is 4.90 Å². The summed E-state index contributed by atoms with van der Waals surface area (Å²) in [5, 5.41) is 6.31. The normalized spacial score (nSPS) is 14.5. The molecule has 0 aliphatic heterocycles. The van der Waals surface area contributed by atoms with Crippen LogP contribution in [0.3, 0.4) is 0 Å². The lowest BCUT2D eigenvalue weighted by molar-refractivity contribution is 0.659. The van der Waals surface area contributed by atoms with Gasteiger partial charge in [0.1, 0.15) is 22.3 Å². The highest BCUT2D eigenvalue weighted by atomic mass is 16.3. The molecule has 0 unspecified atom stereocenters. The van der Waals surface area contributed by atoms with E-state index in [-0.39, 0.29) is 10.8 Å². The Balaban J connectivity index is 1.07. The Morgan fingerprint density at radius 1 is 0.359 bits per heavy atom. The molecule has 0 fully saturated rings. The number of anilines is 3. The van der Waals surface area contributed by atoms with Crippen LogP contribution < -0.4 is 4.90 Å². The Hall–Kier alpha value is -7.82.